The molecule has 1 aromatic rings. The van der Waals surface area contributed by atoms with Crippen LogP contribution in [0.3, 0.4) is 0 Å². The Kier molecular flexibility index (Phi) is 3.29. The molecule has 1 rings (SSSR count). The molecule has 0 aliphatic heterocycles. The lowest BCUT2D eigenvalue weighted by atomic mass is 10.4. The van der Waals surface area contributed by atoms with Gasteiger partial charge in [0.2, 0.25) is 5.76 Å². The highest BCUT2D eigenvalue weighted by atomic mass is 79.9. The van der Waals surface area contributed by atoms with Crippen LogP contribution < -0.4 is 5.73 Å². The van der Waals surface area contributed by atoms with Crippen molar-refractivity contribution in [1.29, 1.82) is 0 Å². The summed E-state index contributed by atoms with van der Waals surface area (Å²) in [7, 11) is 0. The molecule has 0 radical (unpaired) electrons. The lowest BCUT2D eigenvalue weighted by molar-refractivity contribution is -0.125. The van der Waals surface area contributed by atoms with Gasteiger partial charge >= 0.3 is 5.97 Å². The van der Waals surface area contributed by atoms with E-state index in [0.717, 1.165) is 0 Å². The molecule has 0 spiro atoms. The molecule has 0 aliphatic rings. The number of esters is 1. The quantitative estimate of drug-likeness (QED) is 0.826. The molecular weight excluding hydrogens is 254 g/mol. The molecule has 1 atom stereocenters. The van der Waals surface area contributed by atoms with Crippen LogP contribution in [0.4, 0.5) is 0 Å². The Morgan fingerprint density at radius 1 is 1.57 bits per heavy atom. The number of rotatable bonds is 3. The van der Waals surface area contributed by atoms with E-state index in [4.69, 9.17) is 10.2 Å². The van der Waals surface area contributed by atoms with Crippen LogP contribution in [0.25, 0.3) is 0 Å². The van der Waals surface area contributed by atoms with Crippen molar-refractivity contribution in [3.05, 3.63) is 22.6 Å². The van der Waals surface area contributed by atoms with E-state index in [-0.39, 0.29) is 5.76 Å². The fourth-order valence-corrected chi connectivity index (χ4v) is 1.01. The second-order valence-corrected chi connectivity index (χ2v) is 3.34. The number of hydrogen-bond donors (Lipinski definition) is 1. The van der Waals surface area contributed by atoms with Gasteiger partial charge in [-0.1, -0.05) is 0 Å². The second-order valence-electron chi connectivity index (χ2n) is 2.55. The van der Waals surface area contributed by atoms with Crippen molar-refractivity contribution in [1.82, 2.24) is 0 Å². The summed E-state index contributed by atoms with van der Waals surface area (Å²) < 4.78 is 10.0. The van der Waals surface area contributed by atoms with Crippen molar-refractivity contribution < 1.29 is 18.7 Å². The number of carbonyl (C=O) groups excluding carboxylic acids is 2. The van der Waals surface area contributed by atoms with Crippen LogP contribution in [0.1, 0.15) is 17.5 Å². The topological polar surface area (TPSA) is 82.5 Å². The van der Waals surface area contributed by atoms with Gasteiger partial charge in [0.1, 0.15) is 0 Å². The molecule has 0 saturated carbocycles. The maximum Gasteiger partial charge on any atom is 0.375 e. The molecule has 2 N–H and O–H groups in total. The van der Waals surface area contributed by atoms with Gasteiger partial charge in [-0.15, -0.1) is 0 Å². The van der Waals surface area contributed by atoms with Gasteiger partial charge in [0.05, 0.1) is 0 Å². The fraction of sp³-hybridized carbons (Fsp3) is 0.250. The Hall–Kier alpha value is -1.30. The Morgan fingerprint density at radius 2 is 2.21 bits per heavy atom. The first-order chi connectivity index (χ1) is 6.50. The minimum atomic E-state index is -0.966. The van der Waals surface area contributed by atoms with Crippen molar-refractivity contribution in [3.63, 3.8) is 0 Å². The molecule has 0 aliphatic carbocycles. The van der Waals surface area contributed by atoms with Crippen molar-refractivity contribution in [2.75, 3.05) is 0 Å². The highest BCUT2D eigenvalue weighted by Crippen LogP contribution is 2.15. The number of amides is 1. The molecule has 1 aromatic heterocycles. The maximum absolute atomic E-state index is 11.2. The average molecular weight is 262 g/mol. The highest BCUT2D eigenvalue weighted by molar-refractivity contribution is 9.10. The SMILES string of the molecule is CC(OC(=O)c1ccc(Br)o1)C(N)=O. The van der Waals surface area contributed by atoms with E-state index in [2.05, 4.69) is 20.7 Å². The van der Waals surface area contributed by atoms with Gasteiger partial charge in [0, 0.05) is 0 Å². The van der Waals surface area contributed by atoms with Gasteiger partial charge in [-0.2, -0.15) is 0 Å². The summed E-state index contributed by atoms with van der Waals surface area (Å²) in [6.07, 6.45) is -0.966. The molecule has 1 unspecified atom stereocenters. The zero-order valence-electron chi connectivity index (χ0n) is 7.32. The monoisotopic (exact) mass is 261 g/mol. The van der Waals surface area contributed by atoms with E-state index in [1.165, 1.54) is 13.0 Å². The third-order valence-electron chi connectivity index (χ3n) is 1.46. The zero-order chi connectivity index (χ0) is 10.7. The van der Waals surface area contributed by atoms with E-state index in [1.54, 1.807) is 6.07 Å². The smallest absolute Gasteiger partial charge is 0.375 e. The number of primary amides is 1. The van der Waals surface area contributed by atoms with Crippen LogP contribution in [0, 0.1) is 0 Å². The first-order valence-electron chi connectivity index (χ1n) is 3.76. The highest BCUT2D eigenvalue weighted by Gasteiger charge is 2.18. The zero-order valence-corrected chi connectivity index (χ0v) is 8.91. The predicted octanol–water partition coefficient (Wildman–Crippen LogP) is 1.07. The van der Waals surface area contributed by atoms with Crippen LogP contribution in [0.15, 0.2) is 21.2 Å². The van der Waals surface area contributed by atoms with Gasteiger partial charge in [0.25, 0.3) is 5.91 Å². The Labute approximate surface area is 88.3 Å². The van der Waals surface area contributed by atoms with Crippen molar-refractivity contribution in [3.8, 4) is 0 Å². The number of nitrogens with two attached hydrogens (primary N) is 1. The lowest BCUT2D eigenvalue weighted by Gasteiger charge is -2.07. The Balaban J connectivity index is 2.63. The molecular formula is C8H8BrNO4. The van der Waals surface area contributed by atoms with Crippen molar-refractivity contribution in [2.24, 2.45) is 5.73 Å². The molecule has 14 heavy (non-hydrogen) atoms. The molecule has 0 fully saturated rings. The molecule has 5 nitrogen and oxygen atoms in total. The van der Waals surface area contributed by atoms with E-state index >= 15 is 0 Å². The summed E-state index contributed by atoms with van der Waals surface area (Å²) in [5, 5.41) is 0. The first-order valence-corrected chi connectivity index (χ1v) is 4.55. The molecule has 6 heteroatoms. The number of furan rings is 1. The summed E-state index contributed by atoms with van der Waals surface area (Å²) in [5.74, 6) is -1.41. The van der Waals surface area contributed by atoms with Crippen LogP contribution in [-0.4, -0.2) is 18.0 Å². The molecule has 76 valence electrons. The van der Waals surface area contributed by atoms with Gasteiger partial charge in [-0.3, -0.25) is 4.79 Å². The number of hydrogen-bond acceptors (Lipinski definition) is 4. The Morgan fingerprint density at radius 3 is 2.64 bits per heavy atom. The number of ether oxygens (including phenoxy) is 1. The first kappa shape index (κ1) is 10.8. The standard InChI is InChI=1S/C8H8BrNO4/c1-4(7(10)11)13-8(12)5-2-3-6(9)14-5/h2-4H,1H3,(H2,10,11). The van der Waals surface area contributed by atoms with E-state index in [9.17, 15) is 9.59 Å². The normalized spacial score (nSPS) is 12.1. The van der Waals surface area contributed by atoms with Crippen LogP contribution >= 0.6 is 15.9 Å². The van der Waals surface area contributed by atoms with Gasteiger partial charge in [-0.25, -0.2) is 4.79 Å². The molecule has 0 bridgehead atoms. The Bertz CT molecular complexity index is 360. The summed E-state index contributed by atoms with van der Waals surface area (Å²) >= 11 is 3.03. The van der Waals surface area contributed by atoms with Crippen molar-refractivity contribution in [2.45, 2.75) is 13.0 Å². The predicted molar refractivity (Wildman–Crippen MR) is 50.5 cm³/mol. The largest absolute Gasteiger partial charge is 0.447 e. The third kappa shape index (κ3) is 2.59. The lowest BCUT2D eigenvalue weighted by Crippen LogP contribution is -2.30. The maximum atomic E-state index is 11.2. The molecule has 0 saturated heterocycles. The molecule has 1 heterocycles. The fourth-order valence-electron chi connectivity index (χ4n) is 0.701. The summed E-state index contributed by atoms with van der Waals surface area (Å²) in [4.78, 5) is 21.8. The molecule has 1 amide bonds. The van der Waals surface area contributed by atoms with Gasteiger partial charge < -0.3 is 14.9 Å². The van der Waals surface area contributed by atoms with E-state index in [1.807, 2.05) is 0 Å². The third-order valence-corrected chi connectivity index (χ3v) is 1.89. The number of carbonyl (C=O) groups is 2. The van der Waals surface area contributed by atoms with Crippen molar-refractivity contribution >= 4 is 27.8 Å². The van der Waals surface area contributed by atoms with Gasteiger partial charge in [-0.05, 0) is 35.0 Å². The summed E-state index contributed by atoms with van der Waals surface area (Å²) in [6, 6.07) is 2.98. The minimum absolute atomic E-state index is 0.0185. The van der Waals surface area contributed by atoms with E-state index in [0.29, 0.717) is 4.67 Å². The summed E-state index contributed by atoms with van der Waals surface area (Å²) in [6.45, 7) is 1.39. The average Bonchev–Trinajstić information content (AvgIpc) is 2.51. The minimum Gasteiger partial charge on any atom is -0.447 e. The van der Waals surface area contributed by atoms with Crippen LogP contribution in [0.2, 0.25) is 0 Å². The van der Waals surface area contributed by atoms with Crippen LogP contribution in [-0.2, 0) is 9.53 Å². The summed E-state index contributed by atoms with van der Waals surface area (Å²) in [5.41, 5.74) is 4.91. The molecule has 0 aromatic carbocycles. The van der Waals surface area contributed by atoms with Gasteiger partial charge in [0.15, 0.2) is 10.8 Å². The number of halogens is 1. The van der Waals surface area contributed by atoms with Crippen LogP contribution in [0.5, 0.6) is 0 Å². The second kappa shape index (κ2) is 4.28. The van der Waals surface area contributed by atoms with E-state index < -0.39 is 18.0 Å².